The van der Waals surface area contributed by atoms with E-state index in [-0.39, 0.29) is 5.92 Å². The van der Waals surface area contributed by atoms with E-state index in [1.54, 1.807) is 0 Å². The molecule has 2 rings (SSSR count). The van der Waals surface area contributed by atoms with Crippen LogP contribution in [0.4, 0.5) is 0 Å². The summed E-state index contributed by atoms with van der Waals surface area (Å²) >= 11 is 0. The summed E-state index contributed by atoms with van der Waals surface area (Å²) in [5.41, 5.74) is 6.65. The summed E-state index contributed by atoms with van der Waals surface area (Å²) in [6.07, 6.45) is 3.02. The van der Waals surface area contributed by atoms with Gasteiger partial charge in [-0.15, -0.1) is 0 Å². The fourth-order valence-electron chi connectivity index (χ4n) is 2.52. The van der Waals surface area contributed by atoms with Crippen LogP contribution in [0.5, 0.6) is 5.75 Å². The largest absolute Gasteiger partial charge is 0.494 e. The van der Waals surface area contributed by atoms with Gasteiger partial charge >= 0.3 is 0 Å². The van der Waals surface area contributed by atoms with E-state index in [0.717, 1.165) is 43.7 Å². The number of carbonyl (C=O) groups is 1. The van der Waals surface area contributed by atoms with Crippen LogP contribution in [-0.2, 0) is 11.3 Å². The molecule has 1 aromatic rings. The zero-order valence-electron chi connectivity index (χ0n) is 12.2. The average Bonchev–Trinajstić information content (AvgIpc) is 2.48. The monoisotopic (exact) mass is 276 g/mol. The van der Waals surface area contributed by atoms with Gasteiger partial charge in [-0.2, -0.15) is 0 Å². The number of hydrogen-bond donors (Lipinski definition) is 1. The summed E-state index contributed by atoms with van der Waals surface area (Å²) in [7, 11) is 0. The summed E-state index contributed by atoms with van der Waals surface area (Å²) in [6, 6.07) is 7.84. The van der Waals surface area contributed by atoms with Crippen LogP contribution < -0.4 is 10.5 Å². The molecule has 1 amide bonds. The Hall–Kier alpha value is -1.55. The van der Waals surface area contributed by atoms with Crippen molar-refractivity contribution in [2.45, 2.75) is 32.7 Å². The average molecular weight is 276 g/mol. The first-order valence-electron chi connectivity index (χ1n) is 7.41. The predicted octanol–water partition coefficient (Wildman–Crippen LogP) is 2.17. The van der Waals surface area contributed by atoms with E-state index in [2.05, 4.69) is 0 Å². The number of piperidine rings is 1. The van der Waals surface area contributed by atoms with Gasteiger partial charge in [0.25, 0.3) is 0 Å². The molecular formula is C16H24N2O2. The van der Waals surface area contributed by atoms with Gasteiger partial charge in [0, 0.05) is 25.6 Å². The number of ether oxygens (including phenoxy) is 1. The zero-order valence-corrected chi connectivity index (χ0v) is 12.2. The molecule has 0 radical (unpaired) electrons. The highest BCUT2D eigenvalue weighted by atomic mass is 16.5. The molecule has 1 aliphatic rings. The molecule has 0 saturated carbocycles. The van der Waals surface area contributed by atoms with Gasteiger partial charge in [-0.25, -0.2) is 0 Å². The number of likely N-dealkylation sites (tertiary alicyclic amines) is 1. The van der Waals surface area contributed by atoms with Crippen molar-refractivity contribution in [2.75, 3.05) is 19.7 Å². The minimum absolute atomic E-state index is 0.188. The van der Waals surface area contributed by atoms with Gasteiger partial charge in [0.1, 0.15) is 5.75 Å². The first-order chi connectivity index (χ1) is 9.70. The topological polar surface area (TPSA) is 55.6 Å². The van der Waals surface area contributed by atoms with Crippen LogP contribution in [-0.4, -0.2) is 30.5 Å². The molecule has 1 heterocycles. The zero-order chi connectivity index (χ0) is 14.4. The molecule has 4 heteroatoms. The molecule has 0 spiro atoms. The van der Waals surface area contributed by atoms with Crippen LogP contribution in [0.2, 0.25) is 0 Å². The van der Waals surface area contributed by atoms with E-state index >= 15 is 0 Å². The van der Waals surface area contributed by atoms with Crippen LogP contribution in [0.3, 0.4) is 0 Å². The molecule has 1 aromatic carbocycles. The van der Waals surface area contributed by atoms with Crippen LogP contribution in [0.15, 0.2) is 24.3 Å². The highest BCUT2D eigenvalue weighted by Crippen LogP contribution is 2.17. The molecule has 4 nitrogen and oxygen atoms in total. The first kappa shape index (κ1) is 14.9. The van der Waals surface area contributed by atoms with E-state index in [1.807, 2.05) is 36.1 Å². The normalized spacial score (nSPS) is 19.2. The number of nitrogens with zero attached hydrogens (tertiary/aromatic N) is 1. The third-order valence-corrected chi connectivity index (χ3v) is 3.80. The van der Waals surface area contributed by atoms with E-state index < -0.39 is 0 Å². The Morgan fingerprint density at radius 3 is 2.80 bits per heavy atom. The number of benzene rings is 1. The van der Waals surface area contributed by atoms with Crippen LogP contribution in [0.25, 0.3) is 0 Å². The quantitative estimate of drug-likeness (QED) is 0.810. The summed E-state index contributed by atoms with van der Waals surface area (Å²) in [5.74, 6) is 1.34. The van der Waals surface area contributed by atoms with E-state index in [0.29, 0.717) is 19.1 Å². The third kappa shape index (κ3) is 3.97. The molecule has 1 aliphatic heterocycles. The van der Waals surface area contributed by atoms with Gasteiger partial charge in [-0.05, 0) is 37.0 Å². The Kier molecular flexibility index (Phi) is 5.41. The van der Waals surface area contributed by atoms with Gasteiger partial charge in [-0.3, -0.25) is 4.79 Å². The van der Waals surface area contributed by atoms with Gasteiger partial charge in [0.15, 0.2) is 0 Å². The second kappa shape index (κ2) is 7.29. The fourth-order valence-corrected chi connectivity index (χ4v) is 2.52. The maximum Gasteiger partial charge on any atom is 0.225 e. The minimum atomic E-state index is 0.188. The van der Waals surface area contributed by atoms with Gasteiger partial charge in [-0.1, -0.05) is 19.1 Å². The molecule has 0 aliphatic carbocycles. The third-order valence-electron chi connectivity index (χ3n) is 3.80. The Morgan fingerprint density at radius 1 is 1.35 bits per heavy atom. The van der Waals surface area contributed by atoms with Crippen LogP contribution in [0.1, 0.15) is 31.7 Å². The molecule has 20 heavy (non-hydrogen) atoms. The van der Waals surface area contributed by atoms with Crippen molar-refractivity contribution >= 4 is 5.91 Å². The number of carbonyl (C=O) groups excluding carboxylic acids is 1. The van der Waals surface area contributed by atoms with Crippen LogP contribution in [0, 0.1) is 5.92 Å². The molecule has 110 valence electrons. The Labute approximate surface area is 120 Å². The van der Waals surface area contributed by atoms with Crippen molar-refractivity contribution in [3.8, 4) is 5.75 Å². The van der Waals surface area contributed by atoms with Crippen molar-refractivity contribution in [1.82, 2.24) is 4.90 Å². The van der Waals surface area contributed by atoms with Crippen LogP contribution >= 0.6 is 0 Å². The van der Waals surface area contributed by atoms with Crippen molar-refractivity contribution in [2.24, 2.45) is 11.7 Å². The lowest BCUT2D eigenvalue weighted by Crippen LogP contribution is -2.41. The van der Waals surface area contributed by atoms with E-state index in [1.165, 1.54) is 0 Å². The number of nitrogens with two attached hydrogens (primary N) is 1. The maximum atomic E-state index is 11.9. The second-order valence-electron chi connectivity index (χ2n) is 5.42. The molecule has 1 fully saturated rings. The molecule has 0 aromatic heterocycles. The Morgan fingerprint density at radius 2 is 2.10 bits per heavy atom. The molecular weight excluding hydrogens is 252 g/mol. The Bertz CT molecular complexity index is 431. The molecule has 1 unspecified atom stereocenters. The standard InChI is InChI=1S/C16H24N2O2/c1-13-4-2-9-18(16(13)19)10-3-11-20-15-7-5-14(12-17)6-8-15/h5-8,13H,2-4,9-12,17H2,1H3. The lowest BCUT2D eigenvalue weighted by molar-refractivity contribution is -0.137. The number of hydrogen-bond acceptors (Lipinski definition) is 3. The summed E-state index contributed by atoms with van der Waals surface area (Å²) in [6.45, 7) is 4.90. The van der Waals surface area contributed by atoms with Gasteiger partial charge in [0.05, 0.1) is 6.61 Å². The highest BCUT2D eigenvalue weighted by Gasteiger charge is 2.24. The van der Waals surface area contributed by atoms with E-state index in [9.17, 15) is 4.79 Å². The molecule has 1 saturated heterocycles. The fraction of sp³-hybridized carbons (Fsp3) is 0.562. The van der Waals surface area contributed by atoms with Crippen molar-refractivity contribution in [3.05, 3.63) is 29.8 Å². The van der Waals surface area contributed by atoms with E-state index in [4.69, 9.17) is 10.5 Å². The SMILES string of the molecule is CC1CCCN(CCCOc2ccc(CN)cc2)C1=O. The van der Waals surface area contributed by atoms with Gasteiger partial charge in [0.2, 0.25) is 5.91 Å². The number of amides is 1. The number of rotatable bonds is 6. The lowest BCUT2D eigenvalue weighted by Gasteiger charge is -2.30. The second-order valence-corrected chi connectivity index (χ2v) is 5.42. The van der Waals surface area contributed by atoms with Crippen molar-refractivity contribution in [1.29, 1.82) is 0 Å². The maximum absolute atomic E-state index is 11.9. The first-order valence-corrected chi connectivity index (χ1v) is 7.41. The summed E-state index contributed by atoms with van der Waals surface area (Å²) < 4.78 is 5.68. The van der Waals surface area contributed by atoms with Gasteiger partial charge < -0.3 is 15.4 Å². The molecule has 0 bridgehead atoms. The van der Waals surface area contributed by atoms with Crippen molar-refractivity contribution in [3.63, 3.8) is 0 Å². The predicted molar refractivity (Wildman–Crippen MR) is 79.4 cm³/mol. The smallest absolute Gasteiger partial charge is 0.225 e. The lowest BCUT2D eigenvalue weighted by atomic mass is 9.99. The minimum Gasteiger partial charge on any atom is -0.494 e. The summed E-state index contributed by atoms with van der Waals surface area (Å²) in [4.78, 5) is 13.9. The molecule has 1 atom stereocenters. The highest BCUT2D eigenvalue weighted by molar-refractivity contribution is 5.79. The summed E-state index contributed by atoms with van der Waals surface area (Å²) in [5, 5.41) is 0. The molecule has 2 N–H and O–H groups in total. The Balaban J connectivity index is 1.69. The van der Waals surface area contributed by atoms with Crippen molar-refractivity contribution < 1.29 is 9.53 Å².